The Bertz CT molecular complexity index is 533. The largest absolute Gasteiger partial charge is 0.469 e. The number of ether oxygens (including phenoxy) is 1. The molecule has 0 radical (unpaired) electrons. The van der Waals surface area contributed by atoms with Crippen molar-refractivity contribution in [2.45, 2.75) is 52.1 Å². The lowest BCUT2D eigenvalue weighted by molar-refractivity contribution is -0.140. The highest BCUT2D eigenvalue weighted by Gasteiger charge is 2.48. The van der Waals surface area contributed by atoms with E-state index in [2.05, 4.69) is 10.1 Å². The summed E-state index contributed by atoms with van der Waals surface area (Å²) in [6.07, 6.45) is 2.75. The Kier molecular flexibility index (Phi) is 7.02. The summed E-state index contributed by atoms with van der Waals surface area (Å²) in [5.41, 5.74) is -0.427. The molecule has 0 aromatic rings. The second-order valence-electron chi connectivity index (χ2n) is 7.22. The summed E-state index contributed by atoms with van der Waals surface area (Å²) in [6.45, 7) is 5.73. The van der Waals surface area contributed by atoms with Crippen molar-refractivity contribution in [3.63, 3.8) is 0 Å². The van der Waals surface area contributed by atoms with Crippen molar-refractivity contribution in [1.29, 1.82) is 0 Å². The molecule has 1 unspecified atom stereocenters. The highest BCUT2D eigenvalue weighted by atomic mass is 31.2. The molecule has 0 spiro atoms. The highest BCUT2D eigenvalue weighted by Crippen LogP contribution is 2.59. The van der Waals surface area contributed by atoms with Crippen molar-refractivity contribution in [2.75, 3.05) is 33.4 Å². The smallest absolute Gasteiger partial charge is 0.408 e. The molecule has 25 heavy (non-hydrogen) atoms. The summed E-state index contributed by atoms with van der Waals surface area (Å²) >= 11 is 0. The van der Waals surface area contributed by atoms with Crippen LogP contribution in [0.2, 0.25) is 0 Å². The van der Waals surface area contributed by atoms with Crippen LogP contribution in [0, 0.1) is 5.41 Å². The standard InChI is InChI=1S/C16H29N2O6P/c1-16(2)12-23-25(21,18-9-5-4-6-10-18)24-13(16)11-14(19)17-8-7-15(20)22-3/h13H,4-12H2,1-3H3,(H,17,19)/t13-,25?/m0/s1. The fourth-order valence-electron chi connectivity index (χ4n) is 2.91. The van der Waals surface area contributed by atoms with Gasteiger partial charge in [-0.3, -0.25) is 18.6 Å². The average Bonchev–Trinajstić information content (AvgIpc) is 2.59. The summed E-state index contributed by atoms with van der Waals surface area (Å²) in [6, 6.07) is 0. The lowest BCUT2D eigenvalue weighted by atomic mass is 9.85. The van der Waals surface area contributed by atoms with E-state index in [4.69, 9.17) is 9.05 Å². The number of hydrogen-bond donors (Lipinski definition) is 1. The van der Waals surface area contributed by atoms with E-state index in [1.54, 1.807) is 4.67 Å². The SMILES string of the molecule is COC(=O)CCNC(=O)C[C@@H]1OP(=O)(N2CCCCC2)OCC1(C)C. The Balaban J connectivity index is 1.93. The Hall–Kier alpha value is -0.950. The maximum absolute atomic E-state index is 13.1. The predicted octanol–water partition coefficient (Wildman–Crippen LogP) is 2.09. The van der Waals surface area contributed by atoms with E-state index in [0.29, 0.717) is 13.1 Å². The van der Waals surface area contributed by atoms with Gasteiger partial charge >= 0.3 is 13.7 Å². The molecule has 0 aromatic carbocycles. The van der Waals surface area contributed by atoms with Gasteiger partial charge < -0.3 is 10.1 Å². The third-order valence-corrected chi connectivity index (χ3v) is 6.73. The lowest BCUT2D eigenvalue weighted by Gasteiger charge is -2.44. The van der Waals surface area contributed by atoms with Crippen LogP contribution in [0.1, 0.15) is 46.0 Å². The van der Waals surface area contributed by atoms with Gasteiger partial charge in [-0.1, -0.05) is 20.3 Å². The number of methoxy groups -OCH3 is 1. The number of esters is 1. The Morgan fingerprint density at radius 1 is 1.28 bits per heavy atom. The van der Waals surface area contributed by atoms with Crippen LogP contribution in [-0.2, 0) is 27.9 Å². The number of rotatable bonds is 6. The first-order valence-corrected chi connectivity index (χ1v) is 10.3. The van der Waals surface area contributed by atoms with Gasteiger partial charge in [0.2, 0.25) is 5.91 Å². The van der Waals surface area contributed by atoms with Crippen LogP contribution >= 0.6 is 7.75 Å². The zero-order valence-electron chi connectivity index (χ0n) is 15.3. The van der Waals surface area contributed by atoms with Gasteiger partial charge in [-0.15, -0.1) is 0 Å². The van der Waals surface area contributed by atoms with Crippen LogP contribution < -0.4 is 5.32 Å². The summed E-state index contributed by atoms with van der Waals surface area (Å²) in [7, 11) is -2.04. The Morgan fingerprint density at radius 3 is 2.60 bits per heavy atom. The summed E-state index contributed by atoms with van der Waals surface area (Å²) < 4.78 is 30.9. The van der Waals surface area contributed by atoms with Gasteiger partial charge in [-0.05, 0) is 12.8 Å². The number of carbonyl (C=O) groups excluding carboxylic acids is 2. The molecule has 0 aliphatic carbocycles. The normalized spacial score (nSPS) is 29.8. The minimum Gasteiger partial charge on any atom is -0.469 e. The molecule has 0 bridgehead atoms. The Labute approximate surface area is 149 Å². The van der Waals surface area contributed by atoms with E-state index in [-0.39, 0.29) is 37.9 Å². The second-order valence-corrected chi connectivity index (χ2v) is 9.19. The summed E-state index contributed by atoms with van der Waals surface area (Å²) in [5.74, 6) is -0.619. The van der Waals surface area contributed by atoms with Gasteiger partial charge in [0, 0.05) is 25.0 Å². The molecule has 2 atom stereocenters. The number of nitrogens with one attached hydrogen (secondary N) is 1. The fourth-order valence-corrected chi connectivity index (χ4v) is 5.21. The van der Waals surface area contributed by atoms with Crippen LogP contribution in [0.5, 0.6) is 0 Å². The number of nitrogens with zero attached hydrogens (tertiary/aromatic N) is 1. The second kappa shape index (κ2) is 8.62. The predicted molar refractivity (Wildman–Crippen MR) is 91.9 cm³/mol. The molecule has 2 saturated heterocycles. The van der Waals surface area contributed by atoms with E-state index in [1.807, 2.05) is 13.8 Å². The van der Waals surface area contributed by atoms with Gasteiger partial charge in [0.05, 0.1) is 32.7 Å². The first kappa shape index (κ1) is 20.4. The molecule has 2 rings (SSSR count). The number of piperidine rings is 1. The molecule has 9 heteroatoms. The van der Waals surface area contributed by atoms with Gasteiger partial charge in [-0.25, -0.2) is 9.24 Å². The molecule has 0 aromatic heterocycles. The third kappa shape index (κ3) is 5.51. The molecule has 0 saturated carbocycles. The first-order valence-electron chi connectivity index (χ1n) is 8.79. The number of amides is 1. The maximum Gasteiger partial charge on any atom is 0.408 e. The summed E-state index contributed by atoms with van der Waals surface area (Å²) in [5, 5.41) is 2.68. The fraction of sp³-hybridized carbons (Fsp3) is 0.875. The highest BCUT2D eigenvalue weighted by molar-refractivity contribution is 7.51. The molecule has 2 fully saturated rings. The van der Waals surface area contributed by atoms with Gasteiger partial charge in [-0.2, -0.15) is 0 Å². The lowest BCUT2D eigenvalue weighted by Crippen LogP contribution is -2.45. The molecular weight excluding hydrogens is 347 g/mol. The molecular formula is C16H29N2O6P. The zero-order valence-corrected chi connectivity index (χ0v) is 16.2. The molecule has 2 aliphatic heterocycles. The van der Waals surface area contributed by atoms with E-state index in [1.165, 1.54) is 7.11 Å². The van der Waals surface area contributed by atoms with E-state index < -0.39 is 19.3 Å². The third-order valence-electron chi connectivity index (χ3n) is 4.66. The minimum absolute atomic E-state index is 0.0787. The average molecular weight is 376 g/mol. The molecule has 144 valence electrons. The maximum atomic E-state index is 13.1. The van der Waals surface area contributed by atoms with E-state index in [0.717, 1.165) is 19.3 Å². The molecule has 2 heterocycles. The van der Waals surface area contributed by atoms with Crippen molar-refractivity contribution >= 4 is 19.6 Å². The van der Waals surface area contributed by atoms with Crippen molar-refractivity contribution in [2.24, 2.45) is 5.41 Å². The molecule has 8 nitrogen and oxygen atoms in total. The van der Waals surface area contributed by atoms with Crippen LogP contribution in [0.25, 0.3) is 0 Å². The number of carbonyl (C=O) groups is 2. The molecule has 1 N–H and O–H groups in total. The van der Waals surface area contributed by atoms with Crippen molar-refractivity contribution < 1.29 is 27.9 Å². The van der Waals surface area contributed by atoms with Gasteiger partial charge in [0.25, 0.3) is 0 Å². The Morgan fingerprint density at radius 2 is 1.96 bits per heavy atom. The first-order chi connectivity index (χ1) is 11.8. The van der Waals surface area contributed by atoms with Crippen molar-refractivity contribution in [3.8, 4) is 0 Å². The topological polar surface area (TPSA) is 94.2 Å². The van der Waals surface area contributed by atoms with E-state index >= 15 is 0 Å². The van der Waals surface area contributed by atoms with Crippen LogP contribution in [0.15, 0.2) is 0 Å². The zero-order chi connectivity index (χ0) is 18.5. The quantitative estimate of drug-likeness (QED) is 0.560. The van der Waals surface area contributed by atoms with Crippen molar-refractivity contribution in [3.05, 3.63) is 0 Å². The van der Waals surface area contributed by atoms with Crippen molar-refractivity contribution in [1.82, 2.24) is 9.99 Å². The molecule has 1 amide bonds. The number of hydrogen-bond acceptors (Lipinski definition) is 6. The summed E-state index contributed by atoms with van der Waals surface area (Å²) in [4.78, 5) is 23.3. The van der Waals surface area contributed by atoms with Gasteiger partial charge in [0.1, 0.15) is 0 Å². The van der Waals surface area contributed by atoms with Crippen LogP contribution in [0.3, 0.4) is 0 Å². The van der Waals surface area contributed by atoms with Gasteiger partial charge in [0.15, 0.2) is 0 Å². The van der Waals surface area contributed by atoms with Crippen LogP contribution in [-0.4, -0.2) is 56.0 Å². The minimum atomic E-state index is -3.35. The van der Waals surface area contributed by atoms with E-state index in [9.17, 15) is 14.2 Å². The molecule has 2 aliphatic rings. The monoisotopic (exact) mass is 376 g/mol. The van der Waals surface area contributed by atoms with Crippen LogP contribution in [0.4, 0.5) is 0 Å².